The van der Waals surface area contributed by atoms with Crippen LogP contribution in [0.25, 0.3) is 0 Å². The van der Waals surface area contributed by atoms with E-state index in [1.54, 1.807) is 54.7 Å². The highest BCUT2D eigenvalue weighted by Crippen LogP contribution is 2.18. The summed E-state index contributed by atoms with van der Waals surface area (Å²) in [4.78, 5) is 45.3. The number of hydrogen-bond acceptors (Lipinski definition) is 9. The third-order valence-corrected chi connectivity index (χ3v) is 5.43. The van der Waals surface area contributed by atoms with E-state index in [0.717, 1.165) is 16.8 Å². The minimum absolute atomic E-state index is 0.0518. The van der Waals surface area contributed by atoms with Crippen molar-refractivity contribution in [3.05, 3.63) is 99.4 Å². The third kappa shape index (κ3) is 9.39. The Morgan fingerprint density at radius 1 is 1.08 bits per heavy atom. The Balaban J connectivity index is 1.36. The molecule has 0 aliphatic heterocycles. The number of carbonyl (C=O) groups is 2. The van der Waals surface area contributed by atoms with Crippen LogP contribution in [0.5, 0.6) is 0 Å². The van der Waals surface area contributed by atoms with E-state index < -0.39 is 11.2 Å². The van der Waals surface area contributed by atoms with Crippen molar-refractivity contribution in [2.75, 3.05) is 31.2 Å². The maximum Gasteiger partial charge on any atom is 0.407 e. The molecule has 0 fully saturated rings. The molecule has 0 aliphatic rings. The number of nitrogen functional groups attached to an aromatic ring is 1. The SMILES string of the molecule is CN(CCCO[N+](=O)[O-])Cc1ccc(COC(=O)NCc2ccc(C(=O)Nc3ccccc3N)cc2)cn1. The molecule has 0 bridgehead atoms. The van der Waals surface area contributed by atoms with Crippen molar-refractivity contribution in [2.45, 2.75) is 26.1 Å². The Morgan fingerprint density at radius 2 is 1.82 bits per heavy atom. The lowest BCUT2D eigenvalue weighted by Gasteiger charge is -2.15. The summed E-state index contributed by atoms with van der Waals surface area (Å²) in [5.74, 6) is -0.282. The van der Waals surface area contributed by atoms with E-state index in [-0.39, 0.29) is 25.7 Å². The van der Waals surface area contributed by atoms with Crippen molar-refractivity contribution in [1.29, 1.82) is 0 Å². The van der Waals surface area contributed by atoms with Gasteiger partial charge in [0.05, 0.1) is 23.7 Å². The lowest BCUT2D eigenvalue weighted by Crippen LogP contribution is -2.23. The van der Waals surface area contributed by atoms with E-state index >= 15 is 0 Å². The molecular weight excluding hydrogens is 492 g/mol. The molecule has 12 nitrogen and oxygen atoms in total. The molecule has 0 saturated heterocycles. The van der Waals surface area contributed by atoms with Gasteiger partial charge in [-0.2, -0.15) is 0 Å². The van der Waals surface area contributed by atoms with Gasteiger partial charge in [0.1, 0.15) is 6.61 Å². The van der Waals surface area contributed by atoms with Gasteiger partial charge in [-0.15, -0.1) is 10.1 Å². The zero-order chi connectivity index (χ0) is 27.3. The first-order valence-electron chi connectivity index (χ1n) is 11.8. The summed E-state index contributed by atoms with van der Waals surface area (Å²) in [6.45, 7) is 1.55. The molecular formula is C26H30N6O6. The minimum atomic E-state index is -0.799. The fraction of sp³-hybridized carbons (Fsp3) is 0.269. The quantitative estimate of drug-likeness (QED) is 0.132. The second kappa shape index (κ2) is 14.1. The van der Waals surface area contributed by atoms with Crippen molar-refractivity contribution >= 4 is 23.4 Å². The second-order valence-electron chi connectivity index (χ2n) is 8.47. The topological polar surface area (TPSA) is 162 Å². The molecule has 0 radical (unpaired) electrons. The highest BCUT2D eigenvalue weighted by atomic mass is 16.9. The number of rotatable bonds is 13. The summed E-state index contributed by atoms with van der Waals surface area (Å²) in [7, 11) is 1.89. The molecule has 0 spiro atoms. The average molecular weight is 523 g/mol. The van der Waals surface area contributed by atoms with E-state index in [4.69, 9.17) is 10.5 Å². The zero-order valence-electron chi connectivity index (χ0n) is 21.0. The molecule has 4 N–H and O–H groups in total. The van der Waals surface area contributed by atoms with Crippen LogP contribution >= 0.6 is 0 Å². The number of para-hydroxylation sites is 2. The van der Waals surface area contributed by atoms with Crippen LogP contribution in [0.3, 0.4) is 0 Å². The minimum Gasteiger partial charge on any atom is -0.445 e. The molecule has 3 rings (SSSR count). The number of amides is 2. The van der Waals surface area contributed by atoms with E-state index in [0.29, 0.717) is 36.4 Å². The van der Waals surface area contributed by atoms with Gasteiger partial charge in [0.2, 0.25) is 0 Å². The number of aromatic nitrogens is 1. The van der Waals surface area contributed by atoms with Gasteiger partial charge in [-0.3, -0.25) is 9.78 Å². The smallest absolute Gasteiger partial charge is 0.407 e. The fourth-order valence-corrected chi connectivity index (χ4v) is 3.42. The number of carbonyl (C=O) groups excluding carboxylic acids is 2. The van der Waals surface area contributed by atoms with Crippen LogP contribution < -0.4 is 16.4 Å². The van der Waals surface area contributed by atoms with E-state index in [2.05, 4.69) is 20.5 Å². The number of nitrogens with one attached hydrogen (secondary N) is 2. The molecule has 3 aromatic rings. The van der Waals surface area contributed by atoms with Gasteiger partial charge in [-0.1, -0.05) is 30.3 Å². The van der Waals surface area contributed by atoms with E-state index in [1.807, 2.05) is 24.1 Å². The molecule has 0 saturated carbocycles. The van der Waals surface area contributed by atoms with Gasteiger partial charge < -0.3 is 30.8 Å². The lowest BCUT2D eigenvalue weighted by atomic mass is 10.1. The second-order valence-corrected chi connectivity index (χ2v) is 8.47. The van der Waals surface area contributed by atoms with Gasteiger partial charge in [-0.05, 0) is 49.4 Å². The van der Waals surface area contributed by atoms with E-state index in [1.165, 1.54) is 0 Å². The Hall–Kier alpha value is -4.71. The Labute approximate surface area is 219 Å². The van der Waals surface area contributed by atoms with Crippen LogP contribution in [0, 0.1) is 10.1 Å². The Morgan fingerprint density at radius 3 is 2.50 bits per heavy atom. The highest BCUT2D eigenvalue weighted by molar-refractivity contribution is 6.05. The lowest BCUT2D eigenvalue weighted by molar-refractivity contribution is -0.757. The predicted molar refractivity (Wildman–Crippen MR) is 140 cm³/mol. The highest BCUT2D eigenvalue weighted by Gasteiger charge is 2.09. The summed E-state index contributed by atoms with van der Waals surface area (Å²) >= 11 is 0. The third-order valence-electron chi connectivity index (χ3n) is 5.43. The number of nitrogens with two attached hydrogens (primary N) is 1. The molecule has 0 atom stereocenters. The van der Waals surface area contributed by atoms with Crippen LogP contribution in [0.1, 0.15) is 33.6 Å². The molecule has 0 unspecified atom stereocenters. The van der Waals surface area contributed by atoms with Crippen molar-refractivity contribution in [1.82, 2.24) is 15.2 Å². The summed E-state index contributed by atoms with van der Waals surface area (Å²) in [5, 5.41) is 14.8. The molecule has 0 aliphatic carbocycles. The number of nitrogens with zero attached hydrogens (tertiary/aromatic N) is 3. The number of alkyl carbamates (subject to hydrolysis) is 1. The summed E-state index contributed by atoms with van der Waals surface area (Å²) in [6.07, 6.45) is 1.59. The Bertz CT molecular complexity index is 1220. The van der Waals surface area contributed by atoms with Gasteiger partial charge in [0, 0.05) is 37.0 Å². The normalized spacial score (nSPS) is 10.6. The first-order chi connectivity index (χ1) is 18.3. The monoisotopic (exact) mass is 522 g/mol. The molecule has 2 aromatic carbocycles. The molecule has 12 heteroatoms. The first kappa shape index (κ1) is 27.9. The van der Waals surface area contributed by atoms with E-state index in [9.17, 15) is 19.7 Å². The Kier molecular flexibility index (Phi) is 10.4. The van der Waals surface area contributed by atoms with Crippen molar-refractivity contribution in [3.63, 3.8) is 0 Å². The van der Waals surface area contributed by atoms with Crippen molar-refractivity contribution < 1.29 is 24.3 Å². The number of hydrogen-bond donors (Lipinski definition) is 3. The summed E-state index contributed by atoms with van der Waals surface area (Å²) < 4.78 is 5.25. The van der Waals surface area contributed by atoms with Crippen LogP contribution in [-0.4, -0.2) is 47.2 Å². The first-order valence-corrected chi connectivity index (χ1v) is 11.8. The van der Waals surface area contributed by atoms with Gasteiger partial charge in [0.25, 0.3) is 11.0 Å². The summed E-state index contributed by atoms with van der Waals surface area (Å²) in [5.41, 5.74) is 9.71. The number of benzene rings is 2. The van der Waals surface area contributed by atoms with Crippen LogP contribution in [0.2, 0.25) is 0 Å². The fourth-order valence-electron chi connectivity index (χ4n) is 3.42. The van der Waals surface area contributed by atoms with Crippen LogP contribution in [-0.2, 0) is 29.3 Å². The molecule has 200 valence electrons. The largest absolute Gasteiger partial charge is 0.445 e. The average Bonchev–Trinajstić information content (AvgIpc) is 2.91. The maximum atomic E-state index is 12.4. The molecule has 2 amide bonds. The molecule has 1 heterocycles. The van der Waals surface area contributed by atoms with Crippen molar-refractivity contribution in [3.8, 4) is 0 Å². The van der Waals surface area contributed by atoms with Gasteiger partial charge in [0.15, 0.2) is 0 Å². The van der Waals surface area contributed by atoms with Gasteiger partial charge >= 0.3 is 6.09 Å². The number of pyridine rings is 1. The van der Waals surface area contributed by atoms with Gasteiger partial charge in [-0.25, -0.2) is 4.79 Å². The standard InChI is InChI=1S/C26H30N6O6/c1-31(13-4-14-38-32(35)36)17-22-12-9-20(16-28-22)18-37-26(34)29-15-19-7-10-21(11-8-19)25(33)30-24-6-3-2-5-23(24)27/h2-3,5-12,16H,4,13-15,17-18,27H2,1H3,(H,29,34)(H,30,33). The maximum absolute atomic E-state index is 12.4. The number of ether oxygens (including phenoxy) is 1. The van der Waals surface area contributed by atoms with Crippen LogP contribution in [0.15, 0.2) is 66.9 Å². The van der Waals surface area contributed by atoms with Crippen LogP contribution in [0.4, 0.5) is 16.2 Å². The molecule has 1 aromatic heterocycles. The molecule has 38 heavy (non-hydrogen) atoms. The summed E-state index contributed by atoms with van der Waals surface area (Å²) in [6, 6.07) is 17.5. The predicted octanol–water partition coefficient (Wildman–Crippen LogP) is 3.37. The van der Waals surface area contributed by atoms with Crippen molar-refractivity contribution in [2.24, 2.45) is 0 Å². The zero-order valence-corrected chi connectivity index (χ0v) is 21.0. The number of anilines is 2.